The molecule has 0 aliphatic carbocycles. The fourth-order valence-corrected chi connectivity index (χ4v) is 3.61. The molecule has 2 aromatic heterocycles. The summed E-state index contributed by atoms with van der Waals surface area (Å²) < 4.78 is 0. The van der Waals surface area contributed by atoms with Crippen LogP contribution in [0.5, 0.6) is 0 Å². The predicted octanol–water partition coefficient (Wildman–Crippen LogP) is 1.43. The second kappa shape index (κ2) is 5.14. The SMILES string of the molecule is CCNc1nc(NC2CCN3CCCC23)c2cn[nH]c2n1. The van der Waals surface area contributed by atoms with Crippen molar-refractivity contribution in [2.45, 2.75) is 38.3 Å². The van der Waals surface area contributed by atoms with E-state index in [1.54, 1.807) is 6.20 Å². The first-order valence-electron chi connectivity index (χ1n) is 7.80. The summed E-state index contributed by atoms with van der Waals surface area (Å²) in [6, 6.07) is 1.14. The van der Waals surface area contributed by atoms with Crippen molar-refractivity contribution < 1.29 is 0 Å². The number of aromatic nitrogens is 4. The fourth-order valence-electron chi connectivity index (χ4n) is 3.61. The second-order valence-corrected chi connectivity index (χ2v) is 5.84. The summed E-state index contributed by atoms with van der Waals surface area (Å²) >= 11 is 0. The third-order valence-corrected chi connectivity index (χ3v) is 4.57. The van der Waals surface area contributed by atoms with Gasteiger partial charge in [0, 0.05) is 25.2 Å². The first-order chi connectivity index (χ1) is 10.3. The standard InChI is InChI=1S/C14H21N7/c1-2-15-14-18-12(9-8-16-20-13(9)19-14)17-10-5-7-21-6-3-4-11(10)21/h8,10-11H,2-7H2,1H3,(H3,15,16,17,18,19,20). The lowest BCUT2D eigenvalue weighted by Crippen LogP contribution is -2.34. The molecule has 7 heteroatoms. The molecule has 7 nitrogen and oxygen atoms in total. The molecule has 112 valence electrons. The van der Waals surface area contributed by atoms with Crippen molar-refractivity contribution in [3.05, 3.63) is 6.20 Å². The van der Waals surface area contributed by atoms with Crippen LogP contribution in [-0.2, 0) is 0 Å². The van der Waals surface area contributed by atoms with Crippen LogP contribution in [0.4, 0.5) is 11.8 Å². The van der Waals surface area contributed by atoms with Gasteiger partial charge in [0.15, 0.2) is 5.65 Å². The Hall–Kier alpha value is -1.89. The molecule has 4 rings (SSSR count). The number of hydrogen-bond donors (Lipinski definition) is 3. The van der Waals surface area contributed by atoms with Crippen molar-refractivity contribution in [3.63, 3.8) is 0 Å². The van der Waals surface area contributed by atoms with E-state index in [2.05, 4.69) is 35.7 Å². The smallest absolute Gasteiger partial charge is 0.226 e. The van der Waals surface area contributed by atoms with Gasteiger partial charge in [-0.25, -0.2) is 0 Å². The van der Waals surface area contributed by atoms with E-state index < -0.39 is 0 Å². The van der Waals surface area contributed by atoms with Crippen LogP contribution in [0.25, 0.3) is 11.0 Å². The quantitative estimate of drug-likeness (QED) is 0.789. The summed E-state index contributed by atoms with van der Waals surface area (Å²) in [6.45, 7) is 5.29. The zero-order valence-corrected chi connectivity index (χ0v) is 12.3. The second-order valence-electron chi connectivity index (χ2n) is 5.84. The minimum absolute atomic E-state index is 0.481. The monoisotopic (exact) mass is 287 g/mol. The van der Waals surface area contributed by atoms with Crippen molar-refractivity contribution in [1.29, 1.82) is 0 Å². The molecule has 2 unspecified atom stereocenters. The van der Waals surface area contributed by atoms with Gasteiger partial charge in [-0.15, -0.1) is 0 Å². The molecule has 2 aliphatic rings. The van der Waals surface area contributed by atoms with Crippen molar-refractivity contribution in [2.24, 2.45) is 0 Å². The van der Waals surface area contributed by atoms with Crippen LogP contribution >= 0.6 is 0 Å². The molecular weight excluding hydrogens is 266 g/mol. The largest absolute Gasteiger partial charge is 0.365 e. The molecule has 0 spiro atoms. The molecule has 2 aliphatic heterocycles. The number of nitrogens with zero attached hydrogens (tertiary/aromatic N) is 4. The number of fused-ring (bicyclic) bond motifs is 2. The van der Waals surface area contributed by atoms with E-state index in [-0.39, 0.29) is 0 Å². The highest BCUT2D eigenvalue weighted by Crippen LogP contribution is 2.31. The number of rotatable bonds is 4. The first kappa shape index (κ1) is 12.8. The topological polar surface area (TPSA) is 81.8 Å². The Kier molecular flexibility index (Phi) is 3.14. The molecule has 2 saturated heterocycles. The Bertz CT molecular complexity index is 637. The molecule has 0 amide bonds. The number of H-pyrrole nitrogens is 1. The lowest BCUT2D eigenvalue weighted by molar-refractivity contribution is 0.318. The van der Waals surface area contributed by atoms with Crippen LogP contribution in [0.3, 0.4) is 0 Å². The van der Waals surface area contributed by atoms with E-state index in [4.69, 9.17) is 0 Å². The highest BCUT2D eigenvalue weighted by molar-refractivity contribution is 5.87. The minimum Gasteiger partial charge on any atom is -0.365 e. The van der Waals surface area contributed by atoms with Crippen LogP contribution < -0.4 is 10.6 Å². The Morgan fingerprint density at radius 3 is 3.19 bits per heavy atom. The number of hydrogen-bond acceptors (Lipinski definition) is 6. The van der Waals surface area contributed by atoms with E-state index >= 15 is 0 Å². The van der Waals surface area contributed by atoms with Gasteiger partial charge in [0.1, 0.15) is 5.82 Å². The molecule has 21 heavy (non-hydrogen) atoms. The van der Waals surface area contributed by atoms with Gasteiger partial charge < -0.3 is 10.6 Å². The van der Waals surface area contributed by atoms with E-state index in [1.165, 1.54) is 32.4 Å². The number of anilines is 2. The van der Waals surface area contributed by atoms with Gasteiger partial charge in [0.25, 0.3) is 0 Å². The first-order valence-corrected chi connectivity index (χ1v) is 7.80. The maximum atomic E-state index is 4.63. The van der Waals surface area contributed by atoms with Gasteiger partial charge in [-0.3, -0.25) is 10.00 Å². The molecule has 0 saturated carbocycles. The normalized spacial score (nSPS) is 25.4. The maximum Gasteiger partial charge on any atom is 0.226 e. The summed E-state index contributed by atoms with van der Waals surface area (Å²) in [4.78, 5) is 11.7. The summed E-state index contributed by atoms with van der Waals surface area (Å²) in [5, 5.41) is 14.8. The zero-order chi connectivity index (χ0) is 14.2. The van der Waals surface area contributed by atoms with Gasteiger partial charge in [-0.1, -0.05) is 0 Å². The summed E-state index contributed by atoms with van der Waals surface area (Å²) in [5.41, 5.74) is 0.782. The molecule has 0 aromatic carbocycles. The van der Waals surface area contributed by atoms with Crippen LogP contribution in [-0.4, -0.2) is 56.8 Å². The van der Waals surface area contributed by atoms with Crippen molar-refractivity contribution >= 4 is 22.8 Å². The Labute approximate surface area is 123 Å². The highest BCUT2D eigenvalue weighted by Gasteiger charge is 2.37. The van der Waals surface area contributed by atoms with E-state index in [9.17, 15) is 0 Å². The molecule has 2 aromatic rings. The lowest BCUT2D eigenvalue weighted by Gasteiger charge is -2.22. The van der Waals surface area contributed by atoms with E-state index in [0.29, 0.717) is 18.0 Å². The number of aromatic amines is 1. The minimum atomic E-state index is 0.481. The molecule has 2 fully saturated rings. The van der Waals surface area contributed by atoms with Crippen LogP contribution in [0.1, 0.15) is 26.2 Å². The molecule has 2 atom stereocenters. The molecule has 0 radical (unpaired) electrons. The van der Waals surface area contributed by atoms with Crippen LogP contribution in [0.15, 0.2) is 6.20 Å². The van der Waals surface area contributed by atoms with Crippen molar-refractivity contribution in [2.75, 3.05) is 30.3 Å². The molecule has 3 N–H and O–H groups in total. The van der Waals surface area contributed by atoms with E-state index in [0.717, 1.165) is 23.4 Å². The average Bonchev–Trinajstić information content (AvgIpc) is 3.16. The van der Waals surface area contributed by atoms with Crippen LogP contribution in [0, 0.1) is 0 Å². The molecular formula is C14H21N7. The van der Waals surface area contributed by atoms with Gasteiger partial charge in [-0.2, -0.15) is 15.1 Å². The molecule has 0 bridgehead atoms. The maximum absolute atomic E-state index is 4.63. The Morgan fingerprint density at radius 1 is 1.33 bits per heavy atom. The van der Waals surface area contributed by atoms with Gasteiger partial charge >= 0.3 is 0 Å². The molecule has 4 heterocycles. The van der Waals surface area contributed by atoms with Gasteiger partial charge in [0.05, 0.1) is 11.6 Å². The van der Waals surface area contributed by atoms with Crippen molar-refractivity contribution in [1.82, 2.24) is 25.1 Å². The van der Waals surface area contributed by atoms with Crippen molar-refractivity contribution in [3.8, 4) is 0 Å². The highest BCUT2D eigenvalue weighted by atomic mass is 15.3. The summed E-state index contributed by atoms with van der Waals surface area (Å²) in [5.74, 6) is 1.54. The summed E-state index contributed by atoms with van der Waals surface area (Å²) in [7, 11) is 0. The third-order valence-electron chi connectivity index (χ3n) is 4.57. The Morgan fingerprint density at radius 2 is 2.29 bits per heavy atom. The van der Waals surface area contributed by atoms with Crippen LogP contribution in [0.2, 0.25) is 0 Å². The lowest BCUT2D eigenvalue weighted by atomic mass is 10.1. The van der Waals surface area contributed by atoms with E-state index in [1.807, 2.05) is 6.92 Å². The summed E-state index contributed by atoms with van der Waals surface area (Å²) in [6.07, 6.45) is 5.59. The fraction of sp³-hybridized carbons (Fsp3) is 0.643. The Balaban J connectivity index is 1.64. The average molecular weight is 287 g/mol. The van der Waals surface area contributed by atoms with Gasteiger partial charge in [0.2, 0.25) is 5.95 Å². The number of nitrogens with one attached hydrogen (secondary N) is 3. The van der Waals surface area contributed by atoms with Gasteiger partial charge in [-0.05, 0) is 32.7 Å². The zero-order valence-electron chi connectivity index (χ0n) is 12.3. The predicted molar refractivity (Wildman–Crippen MR) is 82.5 cm³/mol. The third kappa shape index (κ3) is 2.21.